The van der Waals surface area contributed by atoms with Crippen molar-refractivity contribution in [3.8, 4) is 0 Å². The number of guanidine groups is 1. The maximum Gasteiger partial charge on any atom is 0.250 e. The first-order valence-corrected chi connectivity index (χ1v) is 10.3. The van der Waals surface area contributed by atoms with Crippen LogP contribution in [0.15, 0.2) is 76.6 Å². The number of nitrogens with one attached hydrogen (secondary N) is 2. The number of benzene rings is 2. The van der Waals surface area contributed by atoms with Crippen molar-refractivity contribution in [2.45, 2.75) is 33.4 Å². The third-order valence-corrected chi connectivity index (χ3v) is 4.95. The molecule has 2 N–H and O–H groups in total. The summed E-state index contributed by atoms with van der Waals surface area (Å²) >= 11 is 0. The SMILES string of the molecule is CN=C(NCCc1cc(C)cc(C)c1)NCc1ccc(Cn2ccccc2=O)cc1. The monoisotopic (exact) mass is 402 g/mol. The van der Waals surface area contributed by atoms with E-state index in [1.807, 2.05) is 12.3 Å². The van der Waals surface area contributed by atoms with Gasteiger partial charge in [-0.05, 0) is 43.0 Å². The fourth-order valence-corrected chi connectivity index (χ4v) is 3.50. The van der Waals surface area contributed by atoms with Crippen LogP contribution in [0.4, 0.5) is 0 Å². The summed E-state index contributed by atoms with van der Waals surface area (Å²) in [6, 6.07) is 20.2. The van der Waals surface area contributed by atoms with E-state index in [1.54, 1.807) is 23.7 Å². The van der Waals surface area contributed by atoms with Gasteiger partial charge in [0.15, 0.2) is 5.96 Å². The first-order chi connectivity index (χ1) is 14.5. The van der Waals surface area contributed by atoms with E-state index in [0.29, 0.717) is 13.1 Å². The summed E-state index contributed by atoms with van der Waals surface area (Å²) in [5.74, 6) is 0.791. The molecule has 0 bridgehead atoms. The smallest absolute Gasteiger partial charge is 0.250 e. The van der Waals surface area contributed by atoms with Gasteiger partial charge in [-0.25, -0.2) is 0 Å². The average molecular weight is 403 g/mol. The highest BCUT2D eigenvalue weighted by Gasteiger charge is 2.02. The summed E-state index contributed by atoms with van der Waals surface area (Å²) in [6.07, 6.45) is 2.77. The van der Waals surface area contributed by atoms with Gasteiger partial charge in [0.2, 0.25) is 0 Å². The Labute approximate surface area is 178 Å². The average Bonchev–Trinajstić information content (AvgIpc) is 2.72. The van der Waals surface area contributed by atoms with E-state index in [-0.39, 0.29) is 5.56 Å². The molecule has 0 spiro atoms. The standard InChI is InChI=1S/C25H30N4O/c1-19-14-20(2)16-23(15-19)11-12-27-25(26-3)28-17-21-7-9-22(10-8-21)18-29-13-5-4-6-24(29)30/h4-10,13-16H,11-12,17-18H2,1-3H3,(H2,26,27,28). The minimum atomic E-state index is 0.0129. The predicted octanol–water partition coefficient (Wildman–Crippen LogP) is 3.42. The molecule has 1 heterocycles. The van der Waals surface area contributed by atoms with Gasteiger partial charge >= 0.3 is 0 Å². The van der Waals surface area contributed by atoms with Crippen LogP contribution < -0.4 is 16.2 Å². The van der Waals surface area contributed by atoms with E-state index in [2.05, 4.69) is 71.9 Å². The van der Waals surface area contributed by atoms with Gasteiger partial charge in [-0.1, -0.05) is 59.7 Å². The van der Waals surface area contributed by atoms with E-state index >= 15 is 0 Å². The maximum absolute atomic E-state index is 11.8. The topological polar surface area (TPSA) is 58.4 Å². The van der Waals surface area contributed by atoms with Crippen LogP contribution in [0.5, 0.6) is 0 Å². The van der Waals surface area contributed by atoms with Gasteiger partial charge < -0.3 is 15.2 Å². The van der Waals surface area contributed by atoms with Crippen molar-refractivity contribution in [2.24, 2.45) is 4.99 Å². The number of aromatic nitrogens is 1. The highest BCUT2D eigenvalue weighted by Crippen LogP contribution is 2.09. The van der Waals surface area contributed by atoms with Crippen LogP contribution in [0.3, 0.4) is 0 Å². The molecule has 0 amide bonds. The van der Waals surface area contributed by atoms with Gasteiger partial charge in [-0.3, -0.25) is 9.79 Å². The van der Waals surface area contributed by atoms with Crippen LogP contribution in [0.1, 0.15) is 27.8 Å². The molecule has 30 heavy (non-hydrogen) atoms. The summed E-state index contributed by atoms with van der Waals surface area (Å²) in [5, 5.41) is 6.73. The number of hydrogen-bond acceptors (Lipinski definition) is 2. The molecule has 0 unspecified atom stereocenters. The van der Waals surface area contributed by atoms with Gasteiger partial charge in [-0.2, -0.15) is 0 Å². The molecule has 0 saturated carbocycles. The zero-order chi connectivity index (χ0) is 21.3. The second-order valence-electron chi connectivity index (χ2n) is 7.58. The maximum atomic E-state index is 11.8. The summed E-state index contributed by atoms with van der Waals surface area (Å²) < 4.78 is 1.70. The summed E-state index contributed by atoms with van der Waals surface area (Å²) in [4.78, 5) is 16.2. The van der Waals surface area contributed by atoms with Crippen LogP contribution >= 0.6 is 0 Å². The van der Waals surface area contributed by atoms with E-state index in [1.165, 1.54) is 16.7 Å². The van der Waals surface area contributed by atoms with Gasteiger partial charge in [0.1, 0.15) is 0 Å². The van der Waals surface area contributed by atoms with Crippen molar-refractivity contribution in [3.05, 3.63) is 105 Å². The molecule has 5 heteroatoms. The Hall–Kier alpha value is -3.34. The first kappa shape index (κ1) is 21.4. The van der Waals surface area contributed by atoms with Crippen molar-refractivity contribution >= 4 is 5.96 Å². The number of rotatable bonds is 7. The lowest BCUT2D eigenvalue weighted by Crippen LogP contribution is -2.37. The predicted molar refractivity (Wildman–Crippen MR) is 124 cm³/mol. The van der Waals surface area contributed by atoms with Crippen molar-refractivity contribution in [1.82, 2.24) is 15.2 Å². The minimum Gasteiger partial charge on any atom is -0.356 e. The minimum absolute atomic E-state index is 0.0129. The molecule has 0 aliphatic carbocycles. The number of pyridine rings is 1. The zero-order valence-corrected chi connectivity index (χ0v) is 18.0. The van der Waals surface area contributed by atoms with Crippen LogP contribution in [0, 0.1) is 13.8 Å². The Balaban J connectivity index is 1.47. The third-order valence-electron chi connectivity index (χ3n) is 4.95. The first-order valence-electron chi connectivity index (χ1n) is 10.3. The Bertz CT molecular complexity index is 1030. The molecular formula is C25H30N4O. The van der Waals surface area contributed by atoms with Crippen LogP contribution in [-0.4, -0.2) is 24.1 Å². The summed E-state index contributed by atoms with van der Waals surface area (Å²) in [6.45, 7) is 6.36. The second-order valence-corrected chi connectivity index (χ2v) is 7.58. The lowest BCUT2D eigenvalue weighted by Gasteiger charge is -2.13. The third kappa shape index (κ3) is 6.34. The van der Waals surface area contributed by atoms with Crippen molar-refractivity contribution < 1.29 is 0 Å². The molecule has 0 aliphatic heterocycles. The fraction of sp³-hybridized carbons (Fsp3) is 0.280. The van der Waals surface area contributed by atoms with Crippen LogP contribution in [0.2, 0.25) is 0 Å². The molecule has 2 aromatic carbocycles. The van der Waals surface area contributed by atoms with Crippen LogP contribution in [0.25, 0.3) is 0 Å². The van der Waals surface area contributed by atoms with Gasteiger partial charge in [0.05, 0.1) is 6.54 Å². The molecule has 3 aromatic rings. The van der Waals surface area contributed by atoms with Gasteiger partial charge in [-0.15, -0.1) is 0 Å². The highest BCUT2D eigenvalue weighted by atomic mass is 16.1. The zero-order valence-electron chi connectivity index (χ0n) is 18.0. The lowest BCUT2D eigenvalue weighted by molar-refractivity contribution is 0.758. The Morgan fingerprint density at radius 1 is 0.900 bits per heavy atom. The van der Waals surface area contributed by atoms with Gasteiger partial charge in [0.25, 0.3) is 5.56 Å². The normalized spacial score (nSPS) is 11.4. The second kappa shape index (κ2) is 10.4. The largest absolute Gasteiger partial charge is 0.356 e. The number of hydrogen-bond donors (Lipinski definition) is 2. The Morgan fingerprint density at radius 2 is 1.60 bits per heavy atom. The van der Waals surface area contributed by atoms with Crippen LogP contribution in [-0.2, 0) is 19.5 Å². The summed E-state index contributed by atoms with van der Waals surface area (Å²) in [5.41, 5.74) is 6.21. The van der Waals surface area contributed by atoms with E-state index in [4.69, 9.17) is 0 Å². The highest BCUT2D eigenvalue weighted by molar-refractivity contribution is 5.79. The molecular weight excluding hydrogens is 372 g/mol. The molecule has 5 nitrogen and oxygen atoms in total. The van der Waals surface area contributed by atoms with Crippen molar-refractivity contribution in [3.63, 3.8) is 0 Å². The Kier molecular flexibility index (Phi) is 7.44. The fourth-order valence-electron chi connectivity index (χ4n) is 3.50. The molecule has 0 fully saturated rings. The summed E-state index contributed by atoms with van der Waals surface area (Å²) in [7, 11) is 1.78. The van der Waals surface area contributed by atoms with Crippen molar-refractivity contribution in [1.29, 1.82) is 0 Å². The molecule has 1 aromatic heterocycles. The van der Waals surface area contributed by atoms with Gasteiger partial charge in [0, 0.05) is 32.4 Å². The quantitative estimate of drug-likeness (QED) is 0.470. The molecule has 156 valence electrons. The molecule has 0 saturated heterocycles. The number of nitrogens with zero attached hydrogens (tertiary/aromatic N) is 2. The van der Waals surface area contributed by atoms with E-state index < -0.39 is 0 Å². The number of aliphatic imine (C=N–C) groups is 1. The van der Waals surface area contributed by atoms with E-state index in [0.717, 1.165) is 30.1 Å². The number of aryl methyl sites for hydroxylation is 2. The van der Waals surface area contributed by atoms with Crippen molar-refractivity contribution in [2.75, 3.05) is 13.6 Å². The molecule has 0 aliphatic rings. The lowest BCUT2D eigenvalue weighted by atomic mass is 10.1. The molecule has 0 radical (unpaired) electrons. The molecule has 3 rings (SSSR count). The molecule has 0 atom stereocenters. The van der Waals surface area contributed by atoms with E-state index in [9.17, 15) is 4.79 Å². The Morgan fingerprint density at radius 3 is 2.27 bits per heavy atom.